The summed E-state index contributed by atoms with van der Waals surface area (Å²) in [6.45, 7) is 6.22. The number of hydrogen-bond acceptors (Lipinski definition) is 7. The predicted octanol–water partition coefficient (Wildman–Crippen LogP) is 4.42. The lowest BCUT2D eigenvalue weighted by molar-refractivity contribution is 0.0954. The number of hydrogen-bond donors (Lipinski definition) is 1. The van der Waals surface area contributed by atoms with E-state index in [9.17, 15) is 15.6 Å². The summed E-state index contributed by atoms with van der Waals surface area (Å²) in [7, 11) is 0. The zero-order chi connectivity index (χ0) is 25.2. The van der Waals surface area contributed by atoms with E-state index < -0.39 is 0 Å². The van der Waals surface area contributed by atoms with Crippen LogP contribution in [0.4, 0.5) is 0 Å². The second-order valence-electron chi connectivity index (χ2n) is 9.15. The van der Waals surface area contributed by atoms with Crippen molar-refractivity contribution in [2.24, 2.45) is 0 Å². The quantitative estimate of drug-likeness (QED) is 0.420. The second-order valence-corrected chi connectivity index (χ2v) is 10.2. The van der Waals surface area contributed by atoms with Crippen molar-refractivity contribution in [2.75, 3.05) is 19.7 Å². The molecule has 8 nitrogen and oxygen atoms in total. The molecule has 182 valence electrons. The Morgan fingerprint density at radius 1 is 1.08 bits per heavy atom. The average Bonchev–Trinajstić information content (AvgIpc) is 3.51. The zero-order valence-electron chi connectivity index (χ0n) is 20.3. The first-order valence-electron chi connectivity index (χ1n) is 12.0. The van der Waals surface area contributed by atoms with Gasteiger partial charge >= 0.3 is 0 Å². The molecule has 5 rings (SSSR count). The molecule has 1 saturated heterocycles. The Hall–Kier alpha value is -3.63. The maximum Gasteiger partial charge on any atom is 0.103 e. The number of benzene rings is 1. The van der Waals surface area contributed by atoms with Crippen LogP contribution < -0.4 is 0 Å². The summed E-state index contributed by atoms with van der Waals surface area (Å²) in [4.78, 5) is 4.03. The molecule has 0 saturated carbocycles. The summed E-state index contributed by atoms with van der Waals surface area (Å²) in [5.74, 6) is 0. The third-order valence-electron chi connectivity index (χ3n) is 7.01. The van der Waals surface area contributed by atoms with Crippen LogP contribution in [0.5, 0.6) is 0 Å². The van der Waals surface area contributed by atoms with Gasteiger partial charge in [-0.15, -0.1) is 0 Å². The van der Waals surface area contributed by atoms with Crippen LogP contribution in [-0.2, 0) is 0 Å². The molecule has 0 spiro atoms. The van der Waals surface area contributed by atoms with Gasteiger partial charge in [-0.25, -0.2) is 4.52 Å². The average molecular weight is 498 g/mol. The van der Waals surface area contributed by atoms with Gasteiger partial charge in [0.05, 0.1) is 41.7 Å². The number of aliphatic hydroxyl groups excluding tert-OH is 1. The van der Waals surface area contributed by atoms with E-state index in [2.05, 4.69) is 46.7 Å². The molecule has 0 radical (unpaired) electrons. The molecule has 4 aromatic rings. The van der Waals surface area contributed by atoms with Gasteiger partial charge in [0, 0.05) is 51.9 Å². The summed E-state index contributed by atoms with van der Waals surface area (Å²) in [5, 5.41) is 37.9. The molecule has 0 aliphatic carbocycles. The Bertz CT molecular complexity index is 1480. The van der Waals surface area contributed by atoms with Gasteiger partial charge in [0.15, 0.2) is 0 Å². The van der Waals surface area contributed by atoms with Gasteiger partial charge in [-0.05, 0) is 44.9 Å². The minimum Gasteiger partial charge on any atom is -0.395 e. The molecule has 1 N–H and O–H groups in total. The van der Waals surface area contributed by atoms with Crippen LogP contribution in [0.25, 0.3) is 16.6 Å². The fraction of sp³-hybridized carbons (Fsp3) is 0.333. The number of nitriles is 2. The highest BCUT2D eigenvalue weighted by Crippen LogP contribution is 2.38. The number of aliphatic hydroxyl groups is 1. The second kappa shape index (κ2) is 10.2. The van der Waals surface area contributed by atoms with E-state index in [1.54, 1.807) is 16.8 Å². The van der Waals surface area contributed by atoms with E-state index in [0.717, 1.165) is 58.1 Å². The Morgan fingerprint density at radius 3 is 2.56 bits per heavy atom. The molecule has 0 amide bonds. The minimum atomic E-state index is 0.179. The maximum absolute atomic E-state index is 9.67. The van der Waals surface area contributed by atoms with Crippen LogP contribution in [-0.4, -0.2) is 55.1 Å². The first kappa shape index (κ1) is 24.1. The third kappa shape index (κ3) is 4.38. The van der Waals surface area contributed by atoms with Gasteiger partial charge in [0.25, 0.3) is 0 Å². The first-order chi connectivity index (χ1) is 17.5. The van der Waals surface area contributed by atoms with Gasteiger partial charge in [0.1, 0.15) is 12.1 Å². The van der Waals surface area contributed by atoms with E-state index >= 15 is 0 Å². The Kier molecular flexibility index (Phi) is 6.80. The van der Waals surface area contributed by atoms with Gasteiger partial charge in [-0.3, -0.25) is 9.58 Å². The fourth-order valence-electron chi connectivity index (χ4n) is 4.92. The lowest BCUT2D eigenvalue weighted by Crippen LogP contribution is -2.42. The number of pyridine rings is 1. The summed E-state index contributed by atoms with van der Waals surface area (Å²) in [5.41, 5.74) is 4.89. The van der Waals surface area contributed by atoms with Crippen molar-refractivity contribution in [1.29, 1.82) is 10.5 Å². The highest BCUT2D eigenvalue weighted by atomic mass is 32.2. The van der Waals surface area contributed by atoms with Crippen LogP contribution in [0, 0.1) is 29.6 Å². The van der Waals surface area contributed by atoms with Crippen molar-refractivity contribution in [3.05, 3.63) is 65.7 Å². The standard InChI is InChI=1S/C27H27N7OS/c1-18(17-35)32-9-7-23(8-10-32)34-19(2)24(15-31-34)21-11-26(27-22(13-29)14-30-33(27)16-21)36-25-6-4-3-5-20(25)12-28/h3-6,11,14-16,18,23,35H,7-10,17H2,1-2H3/t18-/m0/s1. The fourth-order valence-corrected chi connectivity index (χ4v) is 6.01. The third-order valence-corrected chi connectivity index (χ3v) is 8.12. The molecule has 4 heterocycles. The molecule has 0 unspecified atom stereocenters. The SMILES string of the molecule is Cc1c(-c2cc(Sc3ccccc3C#N)c3c(C#N)cnn3c2)cnn1C1CCN([C@@H](C)CO)CC1. The molecule has 1 atom stereocenters. The minimum absolute atomic E-state index is 0.179. The predicted molar refractivity (Wildman–Crippen MR) is 138 cm³/mol. The van der Waals surface area contributed by atoms with Crippen LogP contribution in [0.2, 0.25) is 0 Å². The summed E-state index contributed by atoms with van der Waals surface area (Å²) >= 11 is 1.47. The Balaban J connectivity index is 1.51. The normalized spacial score (nSPS) is 15.6. The highest BCUT2D eigenvalue weighted by molar-refractivity contribution is 7.99. The summed E-state index contributed by atoms with van der Waals surface area (Å²) in [6, 6.07) is 14.5. The molecule has 1 aromatic carbocycles. The van der Waals surface area contributed by atoms with Crippen LogP contribution in [0.15, 0.2) is 58.7 Å². The number of piperidine rings is 1. The smallest absolute Gasteiger partial charge is 0.103 e. The number of nitrogens with zero attached hydrogens (tertiary/aromatic N) is 7. The molecule has 1 aliphatic heterocycles. The summed E-state index contributed by atoms with van der Waals surface area (Å²) in [6.07, 6.45) is 7.41. The van der Waals surface area contributed by atoms with Crippen molar-refractivity contribution < 1.29 is 5.11 Å². The van der Waals surface area contributed by atoms with Crippen molar-refractivity contribution in [1.82, 2.24) is 24.3 Å². The van der Waals surface area contributed by atoms with E-state index in [1.807, 2.05) is 30.6 Å². The Morgan fingerprint density at radius 2 is 1.83 bits per heavy atom. The Labute approximate surface area is 214 Å². The molecule has 3 aromatic heterocycles. The lowest BCUT2D eigenvalue weighted by Gasteiger charge is -2.35. The zero-order valence-corrected chi connectivity index (χ0v) is 21.1. The largest absolute Gasteiger partial charge is 0.395 e. The molecular formula is C27H27N7OS. The van der Waals surface area contributed by atoms with Gasteiger partial charge in [0.2, 0.25) is 0 Å². The topological polar surface area (TPSA) is 106 Å². The van der Waals surface area contributed by atoms with Gasteiger partial charge in [-0.2, -0.15) is 20.7 Å². The first-order valence-corrected chi connectivity index (χ1v) is 12.8. The van der Waals surface area contributed by atoms with Crippen molar-refractivity contribution in [3.8, 4) is 23.3 Å². The van der Waals surface area contributed by atoms with Crippen LogP contribution >= 0.6 is 11.8 Å². The maximum atomic E-state index is 9.67. The molecule has 9 heteroatoms. The number of likely N-dealkylation sites (tertiary alicyclic amines) is 1. The van der Waals surface area contributed by atoms with Gasteiger partial charge in [-0.1, -0.05) is 23.9 Å². The van der Waals surface area contributed by atoms with E-state index in [1.165, 1.54) is 11.8 Å². The van der Waals surface area contributed by atoms with E-state index in [4.69, 9.17) is 5.10 Å². The molecule has 1 fully saturated rings. The highest BCUT2D eigenvalue weighted by Gasteiger charge is 2.26. The molecule has 0 bridgehead atoms. The lowest BCUT2D eigenvalue weighted by atomic mass is 10.0. The van der Waals surface area contributed by atoms with Crippen molar-refractivity contribution in [2.45, 2.75) is 48.6 Å². The van der Waals surface area contributed by atoms with E-state index in [-0.39, 0.29) is 12.6 Å². The number of aromatic nitrogens is 4. The monoisotopic (exact) mass is 497 g/mol. The molecule has 36 heavy (non-hydrogen) atoms. The molecule has 1 aliphatic rings. The van der Waals surface area contributed by atoms with E-state index in [0.29, 0.717) is 17.2 Å². The van der Waals surface area contributed by atoms with Crippen molar-refractivity contribution in [3.63, 3.8) is 0 Å². The number of rotatable bonds is 6. The van der Waals surface area contributed by atoms with Crippen LogP contribution in [0.1, 0.15) is 42.6 Å². The van der Waals surface area contributed by atoms with Gasteiger partial charge < -0.3 is 5.11 Å². The summed E-state index contributed by atoms with van der Waals surface area (Å²) < 4.78 is 3.87. The van der Waals surface area contributed by atoms with Crippen molar-refractivity contribution >= 4 is 17.3 Å². The molecular weight excluding hydrogens is 470 g/mol. The van der Waals surface area contributed by atoms with Crippen LogP contribution in [0.3, 0.4) is 0 Å². The number of fused-ring (bicyclic) bond motifs is 1.